The fourth-order valence-corrected chi connectivity index (χ4v) is 3.35. The topological polar surface area (TPSA) is 68.7 Å². The zero-order valence-electron chi connectivity index (χ0n) is 17.4. The highest BCUT2D eigenvalue weighted by atomic mass is 16.3. The van der Waals surface area contributed by atoms with E-state index in [1.54, 1.807) is 14.1 Å². The third kappa shape index (κ3) is 4.49. The van der Waals surface area contributed by atoms with Gasteiger partial charge in [0.25, 0.3) is 0 Å². The maximum Gasteiger partial charge on any atom is 0.129 e. The number of aryl methyl sites for hydroxylation is 1. The van der Waals surface area contributed by atoms with E-state index in [4.69, 9.17) is 0 Å². The molecule has 0 heterocycles. The lowest BCUT2D eigenvalue weighted by molar-refractivity contribution is 0.125. The summed E-state index contributed by atoms with van der Waals surface area (Å²) in [6.07, 6.45) is -0.713. The van der Waals surface area contributed by atoms with Gasteiger partial charge in [0.15, 0.2) is 0 Å². The monoisotopic (exact) mass is 368 g/mol. The number of aliphatic hydroxyl groups is 1. The zero-order chi connectivity index (χ0) is 20.1. The number of hydrogen-bond acceptors (Lipinski definition) is 4. The minimum Gasteiger partial charge on any atom is -0.376 e. The van der Waals surface area contributed by atoms with Crippen LogP contribution in [0, 0.1) is 27.7 Å². The van der Waals surface area contributed by atoms with Crippen LogP contribution in [0.15, 0.2) is 35.3 Å². The van der Waals surface area contributed by atoms with E-state index in [9.17, 15) is 5.11 Å². The molecule has 0 saturated heterocycles. The first-order valence-electron chi connectivity index (χ1n) is 9.28. The summed E-state index contributed by atoms with van der Waals surface area (Å²) in [4.78, 5) is 4.23. The molecule has 27 heavy (non-hydrogen) atoms. The Morgan fingerprint density at radius 3 is 2.11 bits per heavy atom. The maximum atomic E-state index is 10.6. The fourth-order valence-electron chi connectivity index (χ4n) is 3.35. The van der Waals surface area contributed by atoms with Crippen LogP contribution in [0.25, 0.3) is 0 Å². The number of rotatable bonds is 6. The van der Waals surface area contributed by atoms with Crippen LogP contribution in [0.1, 0.15) is 39.4 Å². The first kappa shape index (κ1) is 20.9. The zero-order valence-corrected chi connectivity index (χ0v) is 17.4. The van der Waals surface area contributed by atoms with Crippen LogP contribution in [0.2, 0.25) is 0 Å². The van der Waals surface area contributed by atoms with Crippen molar-refractivity contribution >= 4 is 11.5 Å². The van der Waals surface area contributed by atoms with Gasteiger partial charge in [0, 0.05) is 25.3 Å². The van der Waals surface area contributed by atoms with Crippen LogP contribution in [-0.2, 0) is 0 Å². The number of nitrogens with one attached hydrogen (secondary N) is 3. The highest BCUT2D eigenvalue weighted by Gasteiger charge is 2.23. The Morgan fingerprint density at radius 1 is 0.963 bits per heavy atom. The predicted octanol–water partition coefficient (Wildman–Crippen LogP) is 3.21. The van der Waals surface area contributed by atoms with Crippen LogP contribution in [0.4, 0.5) is 5.69 Å². The van der Waals surface area contributed by atoms with E-state index in [-0.39, 0.29) is 6.04 Å². The average Bonchev–Trinajstić information content (AvgIpc) is 2.69. The average molecular weight is 369 g/mol. The van der Waals surface area contributed by atoms with Crippen molar-refractivity contribution in [3.8, 4) is 0 Å². The van der Waals surface area contributed by atoms with Crippen molar-refractivity contribution in [2.75, 3.05) is 26.5 Å². The van der Waals surface area contributed by atoms with Gasteiger partial charge in [-0.3, -0.25) is 10.3 Å². The summed E-state index contributed by atoms with van der Waals surface area (Å²) in [5.41, 5.74) is 8.08. The first-order chi connectivity index (χ1) is 12.8. The van der Waals surface area contributed by atoms with Gasteiger partial charge in [-0.05, 0) is 86.8 Å². The molecule has 2 unspecified atom stereocenters. The number of anilines is 1. The minimum absolute atomic E-state index is 0.262. The van der Waals surface area contributed by atoms with Gasteiger partial charge >= 0.3 is 0 Å². The third-order valence-electron chi connectivity index (χ3n) is 5.41. The lowest BCUT2D eigenvalue weighted by Crippen LogP contribution is -2.36. The second-order valence-corrected chi connectivity index (χ2v) is 6.91. The molecule has 5 heteroatoms. The minimum atomic E-state index is -0.713. The molecule has 0 saturated carbocycles. The summed E-state index contributed by atoms with van der Waals surface area (Å²) in [5.74, 6) is 0.842. The van der Waals surface area contributed by atoms with E-state index in [0.717, 1.165) is 22.6 Å². The summed E-state index contributed by atoms with van der Waals surface area (Å²) < 4.78 is 0. The molecule has 2 atom stereocenters. The van der Waals surface area contributed by atoms with Crippen LogP contribution in [0.5, 0.6) is 0 Å². The van der Waals surface area contributed by atoms with Crippen LogP contribution >= 0.6 is 0 Å². The van der Waals surface area contributed by atoms with E-state index < -0.39 is 6.23 Å². The van der Waals surface area contributed by atoms with E-state index in [1.807, 2.05) is 31.3 Å². The quantitative estimate of drug-likeness (QED) is 0.359. The fraction of sp³-hybridized carbons (Fsp3) is 0.409. The maximum absolute atomic E-state index is 10.6. The second-order valence-electron chi connectivity index (χ2n) is 6.91. The van der Waals surface area contributed by atoms with Gasteiger partial charge in [0.05, 0.1) is 6.04 Å². The van der Waals surface area contributed by atoms with Gasteiger partial charge in [0.2, 0.25) is 0 Å². The Balaban J connectivity index is 2.39. The Labute approximate surface area is 162 Å². The molecule has 0 aliphatic rings. The summed E-state index contributed by atoms with van der Waals surface area (Å²) in [5, 5.41) is 20.2. The molecule has 0 spiro atoms. The molecule has 0 fully saturated rings. The number of aliphatic imine (C=N–C) groups is 1. The predicted molar refractivity (Wildman–Crippen MR) is 115 cm³/mol. The molecule has 0 aliphatic heterocycles. The molecule has 2 rings (SSSR count). The van der Waals surface area contributed by atoms with Crippen LogP contribution in [0.3, 0.4) is 0 Å². The Kier molecular flexibility index (Phi) is 6.99. The molecule has 4 N–H and O–H groups in total. The van der Waals surface area contributed by atoms with Gasteiger partial charge in [0.1, 0.15) is 12.1 Å². The van der Waals surface area contributed by atoms with Gasteiger partial charge < -0.3 is 15.7 Å². The molecule has 0 aliphatic carbocycles. The van der Waals surface area contributed by atoms with Crippen molar-refractivity contribution < 1.29 is 5.11 Å². The molecular formula is C22H32N4O. The Bertz CT molecular complexity index is 812. The highest BCUT2D eigenvalue weighted by molar-refractivity contribution is 5.98. The number of benzene rings is 2. The molecule has 146 valence electrons. The van der Waals surface area contributed by atoms with Crippen molar-refractivity contribution in [2.45, 2.75) is 40.0 Å². The highest BCUT2D eigenvalue weighted by Crippen LogP contribution is 2.30. The smallest absolute Gasteiger partial charge is 0.129 e. The number of likely N-dealkylation sites (N-methyl/N-ethyl adjacent to an activating group) is 1. The Hall–Kier alpha value is -2.37. The third-order valence-corrected chi connectivity index (χ3v) is 5.41. The number of hydrogen-bond donors (Lipinski definition) is 4. The standard InChI is InChI=1S/C22H32N4O/c1-13-12-19(16(4)15(3)14(13)2)20(22(27)25-7)26-18-10-8-17(9-11-18)21(23-5)24-6/h8-12,20,22,25-27H,1-7H3,(H,23,24). The van der Waals surface area contributed by atoms with Gasteiger partial charge in [-0.2, -0.15) is 0 Å². The lowest BCUT2D eigenvalue weighted by atomic mass is 9.90. The van der Waals surface area contributed by atoms with E-state index in [0.29, 0.717) is 0 Å². The largest absolute Gasteiger partial charge is 0.376 e. The summed E-state index contributed by atoms with van der Waals surface area (Å²) in [7, 11) is 5.39. The van der Waals surface area contributed by atoms with Crippen LogP contribution in [-0.4, -0.2) is 38.3 Å². The van der Waals surface area contributed by atoms with Crippen molar-refractivity contribution in [2.24, 2.45) is 4.99 Å². The number of amidine groups is 1. The van der Waals surface area contributed by atoms with Gasteiger partial charge in [-0.25, -0.2) is 0 Å². The molecule has 2 aromatic carbocycles. The molecular weight excluding hydrogens is 336 g/mol. The van der Waals surface area contributed by atoms with Crippen LogP contribution < -0.4 is 16.0 Å². The van der Waals surface area contributed by atoms with E-state index in [1.165, 1.54) is 22.3 Å². The lowest BCUT2D eigenvalue weighted by Gasteiger charge is -2.28. The molecule has 0 bridgehead atoms. The van der Waals surface area contributed by atoms with Crippen molar-refractivity contribution in [1.82, 2.24) is 10.6 Å². The molecule has 2 aromatic rings. The first-order valence-corrected chi connectivity index (χ1v) is 9.28. The van der Waals surface area contributed by atoms with Gasteiger partial charge in [-0.15, -0.1) is 0 Å². The summed E-state index contributed by atoms with van der Waals surface area (Å²) in [6.45, 7) is 8.52. The Morgan fingerprint density at radius 2 is 1.59 bits per heavy atom. The van der Waals surface area contributed by atoms with E-state index in [2.05, 4.69) is 54.7 Å². The molecule has 0 amide bonds. The van der Waals surface area contributed by atoms with Crippen molar-refractivity contribution in [1.29, 1.82) is 0 Å². The summed E-state index contributed by atoms with van der Waals surface area (Å²) in [6, 6.07) is 9.97. The normalized spacial score (nSPS) is 14.0. The van der Waals surface area contributed by atoms with E-state index >= 15 is 0 Å². The molecule has 5 nitrogen and oxygen atoms in total. The van der Waals surface area contributed by atoms with Gasteiger partial charge in [-0.1, -0.05) is 6.07 Å². The second kappa shape index (κ2) is 9.02. The molecule has 0 radical (unpaired) electrons. The van der Waals surface area contributed by atoms with Crippen molar-refractivity contribution in [3.05, 3.63) is 63.7 Å². The molecule has 0 aromatic heterocycles. The number of nitrogens with zero attached hydrogens (tertiary/aromatic N) is 1. The summed E-state index contributed by atoms with van der Waals surface area (Å²) >= 11 is 0. The van der Waals surface area contributed by atoms with Crippen molar-refractivity contribution in [3.63, 3.8) is 0 Å². The SMILES string of the molecule is CN=C(NC)c1ccc(NC(c2cc(C)c(C)c(C)c2C)C(O)NC)cc1. The number of aliphatic hydroxyl groups excluding tert-OH is 1.